The first kappa shape index (κ1) is 19.0. The molecule has 0 atom stereocenters. The van der Waals surface area contributed by atoms with Gasteiger partial charge in [-0.25, -0.2) is 0 Å². The zero-order valence-electron chi connectivity index (χ0n) is 10.8. The van der Waals surface area contributed by atoms with E-state index in [1.54, 1.807) is 0 Å². The van der Waals surface area contributed by atoms with Crippen molar-refractivity contribution >= 4 is 24.8 Å². The Morgan fingerprint density at radius 1 is 1.00 bits per heavy atom. The van der Waals surface area contributed by atoms with E-state index in [1.165, 1.54) is 31.6 Å². The Morgan fingerprint density at radius 2 is 1.65 bits per heavy atom. The minimum atomic E-state index is 0. The molecule has 0 bridgehead atoms. The molecule has 17 heavy (non-hydrogen) atoms. The molecule has 2 nitrogen and oxygen atoms in total. The molecule has 0 aliphatic carbocycles. The first-order valence-electron chi connectivity index (χ1n) is 5.99. The van der Waals surface area contributed by atoms with Crippen molar-refractivity contribution < 1.29 is 0 Å². The summed E-state index contributed by atoms with van der Waals surface area (Å²) in [6.07, 6.45) is 5.42. The number of hydrogen-bond acceptors (Lipinski definition) is 2. The molecule has 0 amide bonds. The molecule has 4 heteroatoms. The van der Waals surface area contributed by atoms with Crippen LogP contribution >= 0.6 is 24.8 Å². The van der Waals surface area contributed by atoms with Crippen LogP contribution in [0.3, 0.4) is 0 Å². The maximum absolute atomic E-state index is 4.34. The van der Waals surface area contributed by atoms with Crippen LogP contribution in [0.5, 0.6) is 0 Å². The summed E-state index contributed by atoms with van der Waals surface area (Å²) in [5, 5.41) is 0. The summed E-state index contributed by atoms with van der Waals surface area (Å²) < 4.78 is 0. The first-order chi connectivity index (χ1) is 7.36. The van der Waals surface area contributed by atoms with Crippen molar-refractivity contribution in [1.82, 2.24) is 9.88 Å². The second kappa shape index (κ2) is 12.2. The minimum absolute atomic E-state index is 0. The molecule has 0 aliphatic rings. The van der Waals surface area contributed by atoms with Crippen LogP contribution < -0.4 is 0 Å². The van der Waals surface area contributed by atoms with Gasteiger partial charge in [-0.1, -0.05) is 19.9 Å². The minimum Gasteiger partial charge on any atom is -0.303 e. The lowest BCUT2D eigenvalue weighted by atomic mass is 10.2. The highest BCUT2D eigenvalue weighted by molar-refractivity contribution is 5.85. The quantitative estimate of drug-likeness (QED) is 0.758. The van der Waals surface area contributed by atoms with Gasteiger partial charge in [-0.2, -0.15) is 0 Å². The first-order valence-corrected chi connectivity index (χ1v) is 5.99. The number of hydrogen-bond donors (Lipinski definition) is 0. The summed E-state index contributed by atoms with van der Waals surface area (Å²) in [7, 11) is 0. The molecule has 0 N–H and O–H groups in total. The van der Waals surface area contributed by atoms with Crippen LogP contribution in [0, 0.1) is 0 Å². The predicted molar refractivity (Wildman–Crippen MR) is 79.5 cm³/mol. The van der Waals surface area contributed by atoms with E-state index >= 15 is 0 Å². The van der Waals surface area contributed by atoms with Crippen LogP contribution in [0.1, 0.15) is 32.4 Å². The Bertz CT molecular complexity index is 249. The summed E-state index contributed by atoms with van der Waals surface area (Å²) in [6, 6.07) is 6.14. The summed E-state index contributed by atoms with van der Waals surface area (Å²) >= 11 is 0. The number of rotatable bonds is 7. The fourth-order valence-electron chi connectivity index (χ4n) is 1.79. The number of aromatic nitrogens is 1. The Morgan fingerprint density at radius 3 is 2.12 bits per heavy atom. The van der Waals surface area contributed by atoms with E-state index in [9.17, 15) is 0 Å². The molecule has 0 unspecified atom stereocenters. The third-order valence-electron chi connectivity index (χ3n) is 2.49. The maximum Gasteiger partial charge on any atom is 0.0416 e. The van der Waals surface area contributed by atoms with Gasteiger partial charge >= 0.3 is 0 Å². The van der Waals surface area contributed by atoms with Gasteiger partial charge in [0.05, 0.1) is 0 Å². The van der Waals surface area contributed by atoms with Crippen LogP contribution in [-0.2, 0) is 6.42 Å². The molecule has 1 heterocycles. The van der Waals surface area contributed by atoms with Gasteiger partial charge < -0.3 is 4.90 Å². The third-order valence-corrected chi connectivity index (χ3v) is 2.49. The van der Waals surface area contributed by atoms with Crippen LogP contribution in [0.2, 0.25) is 0 Å². The zero-order valence-corrected chi connectivity index (χ0v) is 12.4. The topological polar surface area (TPSA) is 16.1 Å². The molecule has 1 aromatic heterocycles. The second-order valence-electron chi connectivity index (χ2n) is 3.91. The molecule has 100 valence electrons. The monoisotopic (exact) mass is 278 g/mol. The Labute approximate surface area is 118 Å². The van der Waals surface area contributed by atoms with Gasteiger partial charge in [0, 0.05) is 24.9 Å². The van der Waals surface area contributed by atoms with Crippen molar-refractivity contribution in [1.29, 1.82) is 0 Å². The normalized spacial score (nSPS) is 9.59. The molecule has 1 aromatic rings. The molecular formula is C13H24Cl2N2. The Kier molecular flexibility index (Phi) is 13.6. The van der Waals surface area contributed by atoms with Crippen molar-refractivity contribution in [3.8, 4) is 0 Å². The van der Waals surface area contributed by atoms with E-state index in [0.717, 1.165) is 13.0 Å². The smallest absolute Gasteiger partial charge is 0.0416 e. The average molecular weight is 279 g/mol. The Hall–Kier alpha value is -0.310. The van der Waals surface area contributed by atoms with Gasteiger partial charge in [-0.3, -0.25) is 4.98 Å². The van der Waals surface area contributed by atoms with Gasteiger partial charge in [0.25, 0.3) is 0 Å². The molecule has 0 saturated heterocycles. The van der Waals surface area contributed by atoms with Crippen molar-refractivity contribution in [2.24, 2.45) is 0 Å². The number of pyridine rings is 1. The van der Waals surface area contributed by atoms with Gasteiger partial charge in [-0.15, -0.1) is 24.8 Å². The molecule has 0 saturated carbocycles. The molecule has 0 aliphatic heterocycles. The average Bonchev–Trinajstić information content (AvgIpc) is 2.28. The lowest BCUT2D eigenvalue weighted by Crippen LogP contribution is -2.27. The molecule has 0 aromatic carbocycles. The number of nitrogens with zero attached hydrogens (tertiary/aromatic N) is 2. The van der Waals surface area contributed by atoms with E-state index in [1.807, 2.05) is 12.3 Å². The van der Waals surface area contributed by atoms with Crippen molar-refractivity contribution in [3.63, 3.8) is 0 Å². The lowest BCUT2D eigenvalue weighted by Gasteiger charge is -2.20. The fourth-order valence-corrected chi connectivity index (χ4v) is 1.79. The van der Waals surface area contributed by atoms with Gasteiger partial charge in [0.15, 0.2) is 0 Å². The van der Waals surface area contributed by atoms with Crippen LogP contribution in [0.4, 0.5) is 0 Å². The van der Waals surface area contributed by atoms with E-state index in [4.69, 9.17) is 0 Å². The summed E-state index contributed by atoms with van der Waals surface area (Å²) in [5.74, 6) is 0. The highest BCUT2D eigenvalue weighted by Crippen LogP contribution is 1.99. The summed E-state index contributed by atoms with van der Waals surface area (Å²) in [4.78, 5) is 6.87. The molecular weight excluding hydrogens is 255 g/mol. The Balaban J connectivity index is 0. The van der Waals surface area contributed by atoms with Gasteiger partial charge in [0.1, 0.15) is 0 Å². The standard InChI is InChI=1S/C13H22N2.2ClH/c1-3-10-15(11-4-2)12-8-13-7-5-6-9-14-13;;/h5-7,9H,3-4,8,10-12H2,1-2H3;2*1H. The van der Waals surface area contributed by atoms with Gasteiger partial charge in [-0.05, 0) is 38.1 Å². The second-order valence-corrected chi connectivity index (χ2v) is 3.91. The molecule has 0 radical (unpaired) electrons. The maximum atomic E-state index is 4.34. The lowest BCUT2D eigenvalue weighted by molar-refractivity contribution is 0.277. The summed E-state index contributed by atoms with van der Waals surface area (Å²) in [5.41, 5.74) is 1.20. The zero-order chi connectivity index (χ0) is 10.9. The van der Waals surface area contributed by atoms with E-state index in [-0.39, 0.29) is 24.8 Å². The van der Waals surface area contributed by atoms with Crippen molar-refractivity contribution in [2.45, 2.75) is 33.1 Å². The van der Waals surface area contributed by atoms with E-state index in [2.05, 4.69) is 35.9 Å². The van der Waals surface area contributed by atoms with Gasteiger partial charge in [0.2, 0.25) is 0 Å². The predicted octanol–water partition coefficient (Wildman–Crippen LogP) is 3.59. The van der Waals surface area contributed by atoms with Crippen molar-refractivity contribution in [3.05, 3.63) is 30.1 Å². The fraction of sp³-hybridized carbons (Fsp3) is 0.615. The third kappa shape index (κ3) is 8.42. The van der Waals surface area contributed by atoms with Crippen LogP contribution in [0.25, 0.3) is 0 Å². The van der Waals surface area contributed by atoms with Crippen LogP contribution in [0.15, 0.2) is 24.4 Å². The molecule has 0 fully saturated rings. The SMILES string of the molecule is CCCN(CCC)CCc1ccccn1.Cl.Cl. The molecule has 0 spiro atoms. The summed E-state index contributed by atoms with van der Waals surface area (Å²) in [6.45, 7) is 8.03. The van der Waals surface area contributed by atoms with E-state index in [0.29, 0.717) is 0 Å². The van der Waals surface area contributed by atoms with Crippen LogP contribution in [-0.4, -0.2) is 29.5 Å². The molecule has 1 rings (SSSR count). The largest absolute Gasteiger partial charge is 0.303 e. The van der Waals surface area contributed by atoms with Crippen molar-refractivity contribution in [2.75, 3.05) is 19.6 Å². The van der Waals surface area contributed by atoms with E-state index < -0.39 is 0 Å². The highest BCUT2D eigenvalue weighted by Gasteiger charge is 2.02. The highest BCUT2D eigenvalue weighted by atomic mass is 35.5. The number of halogens is 2.